The SMILES string of the molecule is CC(=O)NCc1c(C)cc(I)cc1C. The van der Waals surface area contributed by atoms with Crippen LogP contribution in [0.2, 0.25) is 0 Å². The van der Waals surface area contributed by atoms with E-state index in [1.54, 1.807) is 0 Å². The Balaban J connectivity index is 2.91. The van der Waals surface area contributed by atoms with Gasteiger partial charge in [0.25, 0.3) is 0 Å². The van der Waals surface area contributed by atoms with Crippen LogP contribution in [0.4, 0.5) is 0 Å². The van der Waals surface area contributed by atoms with Crippen LogP contribution in [-0.2, 0) is 11.3 Å². The van der Waals surface area contributed by atoms with E-state index in [1.165, 1.54) is 27.2 Å². The van der Waals surface area contributed by atoms with E-state index in [1.807, 2.05) is 0 Å². The van der Waals surface area contributed by atoms with Crippen molar-refractivity contribution < 1.29 is 4.79 Å². The number of carbonyl (C=O) groups is 1. The van der Waals surface area contributed by atoms with E-state index < -0.39 is 0 Å². The zero-order valence-corrected chi connectivity index (χ0v) is 10.8. The molecule has 0 bridgehead atoms. The number of carbonyl (C=O) groups excluding carboxylic acids is 1. The lowest BCUT2D eigenvalue weighted by atomic mass is 10.0. The van der Waals surface area contributed by atoms with Gasteiger partial charge in [0, 0.05) is 17.0 Å². The van der Waals surface area contributed by atoms with Gasteiger partial charge in [0.15, 0.2) is 0 Å². The van der Waals surface area contributed by atoms with Gasteiger partial charge in [-0.15, -0.1) is 0 Å². The van der Waals surface area contributed by atoms with Crippen LogP contribution >= 0.6 is 22.6 Å². The van der Waals surface area contributed by atoms with Crippen molar-refractivity contribution in [2.75, 3.05) is 0 Å². The molecule has 0 unspecified atom stereocenters. The molecule has 0 saturated heterocycles. The molecule has 1 N–H and O–H groups in total. The molecule has 0 saturated carbocycles. The van der Waals surface area contributed by atoms with Gasteiger partial charge in [0.1, 0.15) is 0 Å². The number of benzene rings is 1. The lowest BCUT2D eigenvalue weighted by Crippen LogP contribution is -2.20. The molecule has 0 aliphatic carbocycles. The molecule has 1 aromatic rings. The Morgan fingerprint density at radius 3 is 2.29 bits per heavy atom. The molecule has 3 heteroatoms. The van der Waals surface area contributed by atoms with E-state index >= 15 is 0 Å². The number of halogens is 1. The summed E-state index contributed by atoms with van der Waals surface area (Å²) in [4.78, 5) is 10.8. The molecule has 1 amide bonds. The van der Waals surface area contributed by atoms with Crippen LogP contribution in [0.1, 0.15) is 23.6 Å². The van der Waals surface area contributed by atoms with Crippen molar-refractivity contribution >= 4 is 28.5 Å². The molecule has 1 rings (SSSR count). The molecule has 2 nitrogen and oxygen atoms in total. The van der Waals surface area contributed by atoms with Crippen molar-refractivity contribution in [3.05, 3.63) is 32.4 Å². The summed E-state index contributed by atoms with van der Waals surface area (Å²) in [7, 11) is 0. The maximum atomic E-state index is 10.8. The van der Waals surface area contributed by atoms with Gasteiger partial charge in [-0.05, 0) is 65.3 Å². The van der Waals surface area contributed by atoms with E-state index in [-0.39, 0.29) is 5.91 Å². The summed E-state index contributed by atoms with van der Waals surface area (Å²) in [5.74, 6) is 0.0161. The fraction of sp³-hybridized carbons (Fsp3) is 0.364. The minimum Gasteiger partial charge on any atom is -0.352 e. The van der Waals surface area contributed by atoms with Crippen molar-refractivity contribution in [3.8, 4) is 0 Å². The molecule has 76 valence electrons. The second-order valence-corrected chi connectivity index (χ2v) is 4.67. The first-order valence-corrected chi connectivity index (χ1v) is 5.58. The highest BCUT2D eigenvalue weighted by Crippen LogP contribution is 2.17. The van der Waals surface area contributed by atoms with Gasteiger partial charge in [-0.25, -0.2) is 0 Å². The minimum atomic E-state index is 0.0161. The fourth-order valence-corrected chi connectivity index (χ4v) is 2.37. The average Bonchev–Trinajstić information content (AvgIpc) is 2.01. The second-order valence-electron chi connectivity index (χ2n) is 3.43. The van der Waals surface area contributed by atoms with E-state index in [0.717, 1.165) is 0 Å². The lowest BCUT2D eigenvalue weighted by molar-refractivity contribution is -0.119. The molecule has 0 spiro atoms. The maximum absolute atomic E-state index is 10.8. The van der Waals surface area contributed by atoms with Crippen LogP contribution in [0, 0.1) is 17.4 Å². The average molecular weight is 303 g/mol. The molecule has 0 heterocycles. The number of hydrogen-bond donors (Lipinski definition) is 1. The Kier molecular flexibility index (Phi) is 3.92. The Morgan fingerprint density at radius 1 is 1.36 bits per heavy atom. The standard InChI is InChI=1S/C11H14INO/c1-7-4-10(12)5-8(2)11(7)6-13-9(3)14/h4-5H,6H2,1-3H3,(H,13,14). The Labute approximate surface area is 98.2 Å². The molecular weight excluding hydrogens is 289 g/mol. The highest BCUT2D eigenvalue weighted by atomic mass is 127. The monoisotopic (exact) mass is 303 g/mol. The second kappa shape index (κ2) is 4.77. The van der Waals surface area contributed by atoms with Crippen LogP contribution in [0.5, 0.6) is 0 Å². The largest absolute Gasteiger partial charge is 0.352 e. The number of rotatable bonds is 2. The van der Waals surface area contributed by atoms with E-state index in [2.05, 4.69) is 53.9 Å². The number of hydrogen-bond acceptors (Lipinski definition) is 1. The van der Waals surface area contributed by atoms with Crippen molar-refractivity contribution in [2.24, 2.45) is 0 Å². The van der Waals surface area contributed by atoms with Gasteiger partial charge in [0.05, 0.1) is 0 Å². The van der Waals surface area contributed by atoms with Gasteiger partial charge < -0.3 is 5.32 Å². The molecule has 0 aliphatic rings. The van der Waals surface area contributed by atoms with Gasteiger partial charge in [-0.1, -0.05) is 0 Å². The van der Waals surface area contributed by atoms with Crippen molar-refractivity contribution in [1.82, 2.24) is 5.32 Å². The zero-order chi connectivity index (χ0) is 10.7. The van der Waals surface area contributed by atoms with Gasteiger partial charge in [-0.3, -0.25) is 4.79 Å². The third-order valence-electron chi connectivity index (χ3n) is 2.17. The van der Waals surface area contributed by atoms with E-state index in [9.17, 15) is 4.79 Å². The first kappa shape index (κ1) is 11.5. The zero-order valence-electron chi connectivity index (χ0n) is 8.65. The highest BCUT2D eigenvalue weighted by Gasteiger charge is 2.04. The molecule has 0 atom stereocenters. The molecule has 14 heavy (non-hydrogen) atoms. The Hall–Kier alpha value is -0.580. The molecule has 0 radical (unpaired) electrons. The summed E-state index contributed by atoms with van der Waals surface area (Å²) in [6.07, 6.45) is 0. The van der Waals surface area contributed by atoms with Crippen LogP contribution in [-0.4, -0.2) is 5.91 Å². The van der Waals surface area contributed by atoms with Crippen molar-refractivity contribution in [1.29, 1.82) is 0 Å². The summed E-state index contributed by atoms with van der Waals surface area (Å²) in [6, 6.07) is 4.26. The van der Waals surface area contributed by atoms with Gasteiger partial charge in [-0.2, -0.15) is 0 Å². The number of nitrogens with one attached hydrogen (secondary N) is 1. The number of amides is 1. The lowest BCUT2D eigenvalue weighted by Gasteiger charge is -2.10. The van der Waals surface area contributed by atoms with Crippen molar-refractivity contribution in [3.63, 3.8) is 0 Å². The van der Waals surface area contributed by atoms with Gasteiger partial charge in [0.2, 0.25) is 5.91 Å². The third-order valence-corrected chi connectivity index (χ3v) is 2.80. The van der Waals surface area contributed by atoms with E-state index in [4.69, 9.17) is 0 Å². The van der Waals surface area contributed by atoms with Crippen molar-refractivity contribution in [2.45, 2.75) is 27.3 Å². The molecule has 1 aromatic carbocycles. The normalized spacial score (nSPS) is 10.0. The smallest absolute Gasteiger partial charge is 0.217 e. The van der Waals surface area contributed by atoms with E-state index in [0.29, 0.717) is 6.54 Å². The Bertz CT molecular complexity index is 337. The molecule has 0 aromatic heterocycles. The predicted molar refractivity (Wildman–Crippen MR) is 66.2 cm³/mol. The summed E-state index contributed by atoms with van der Waals surface area (Å²) < 4.78 is 1.24. The van der Waals surface area contributed by atoms with Crippen LogP contribution in [0.25, 0.3) is 0 Å². The van der Waals surface area contributed by atoms with Crippen LogP contribution in [0.3, 0.4) is 0 Å². The summed E-state index contributed by atoms with van der Waals surface area (Å²) in [5, 5.41) is 2.82. The predicted octanol–water partition coefficient (Wildman–Crippen LogP) is 2.54. The highest BCUT2D eigenvalue weighted by molar-refractivity contribution is 14.1. The fourth-order valence-electron chi connectivity index (χ4n) is 1.43. The quantitative estimate of drug-likeness (QED) is 0.836. The molecule has 0 aliphatic heterocycles. The van der Waals surface area contributed by atoms with Gasteiger partial charge >= 0.3 is 0 Å². The van der Waals surface area contributed by atoms with Crippen LogP contribution in [0.15, 0.2) is 12.1 Å². The number of aryl methyl sites for hydroxylation is 2. The minimum absolute atomic E-state index is 0.0161. The molecule has 0 fully saturated rings. The topological polar surface area (TPSA) is 29.1 Å². The summed E-state index contributed by atoms with van der Waals surface area (Å²) in [6.45, 7) is 6.32. The third kappa shape index (κ3) is 2.97. The van der Waals surface area contributed by atoms with Crippen LogP contribution < -0.4 is 5.32 Å². The first-order chi connectivity index (χ1) is 6.50. The summed E-state index contributed by atoms with van der Waals surface area (Å²) >= 11 is 2.30. The molecular formula is C11H14INO. The maximum Gasteiger partial charge on any atom is 0.217 e. The summed E-state index contributed by atoms with van der Waals surface area (Å²) in [5.41, 5.74) is 3.70. The first-order valence-electron chi connectivity index (χ1n) is 4.50. The Morgan fingerprint density at radius 2 is 1.86 bits per heavy atom.